The lowest BCUT2D eigenvalue weighted by atomic mass is 9.78. The van der Waals surface area contributed by atoms with Crippen molar-refractivity contribution < 1.29 is 18.7 Å². The molecule has 1 fully saturated rings. The van der Waals surface area contributed by atoms with Gasteiger partial charge >= 0.3 is 5.97 Å². The van der Waals surface area contributed by atoms with Crippen molar-refractivity contribution in [3.05, 3.63) is 70.9 Å². The third-order valence-electron chi connectivity index (χ3n) is 5.67. The van der Waals surface area contributed by atoms with Crippen LogP contribution in [0.5, 0.6) is 0 Å². The number of anilines is 1. The number of carbonyl (C=O) groups excluding carboxylic acids is 2. The van der Waals surface area contributed by atoms with Crippen LogP contribution < -0.4 is 5.32 Å². The van der Waals surface area contributed by atoms with Gasteiger partial charge in [-0.05, 0) is 25.8 Å². The van der Waals surface area contributed by atoms with Gasteiger partial charge < -0.3 is 4.74 Å². The van der Waals surface area contributed by atoms with E-state index < -0.39 is 29.7 Å². The molecular formula is C24H23FN2O3S. The maximum Gasteiger partial charge on any atom is 0.317 e. The van der Waals surface area contributed by atoms with Crippen LogP contribution in [0.25, 0.3) is 11.3 Å². The van der Waals surface area contributed by atoms with Crippen molar-refractivity contribution in [3.63, 3.8) is 0 Å². The van der Waals surface area contributed by atoms with Crippen LogP contribution in [0.2, 0.25) is 0 Å². The number of carbonyl (C=O) groups is 2. The number of esters is 1. The highest BCUT2D eigenvalue weighted by Crippen LogP contribution is 2.43. The second-order valence-corrected chi connectivity index (χ2v) is 8.66. The normalized spacial score (nSPS) is 14.9. The Bertz CT molecular complexity index is 1090. The molecule has 0 spiro atoms. The first-order valence-electron chi connectivity index (χ1n) is 10.2. The molecule has 1 N–H and O–H groups in total. The molecule has 1 aromatic heterocycles. The average molecular weight is 439 g/mol. The molecule has 31 heavy (non-hydrogen) atoms. The molecule has 1 aliphatic carbocycles. The minimum Gasteiger partial charge on any atom is -0.455 e. The van der Waals surface area contributed by atoms with Gasteiger partial charge in [-0.2, -0.15) is 0 Å². The highest BCUT2D eigenvalue weighted by atomic mass is 32.1. The Morgan fingerprint density at radius 2 is 1.84 bits per heavy atom. The van der Waals surface area contributed by atoms with Crippen LogP contribution in [-0.2, 0) is 19.7 Å². The van der Waals surface area contributed by atoms with Crippen LogP contribution >= 0.6 is 11.3 Å². The summed E-state index contributed by atoms with van der Waals surface area (Å²) in [6.45, 7) is 1.58. The zero-order chi connectivity index (χ0) is 21.8. The van der Waals surface area contributed by atoms with Gasteiger partial charge in [-0.1, -0.05) is 60.9 Å². The number of aromatic nitrogens is 1. The molecule has 0 unspecified atom stereocenters. The second kappa shape index (κ2) is 8.98. The van der Waals surface area contributed by atoms with Gasteiger partial charge in [0.1, 0.15) is 5.82 Å². The first-order valence-corrected chi connectivity index (χ1v) is 11.1. The fraction of sp³-hybridized carbons (Fsp3) is 0.292. The second-order valence-electron chi connectivity index (χ2n) is 7.80. The zero-order valence-electron chi connectivity index (χ0n) is 17.2. The van der Waals surface area contributed by atoms with E-state index in [0.29, 0.717) is 23.5 Å². The van der Waals surface area contributed by atoms with Crippen LogP contribution in [0.4, 0.5) is 9.52 Å². The summed E-state index contributed by atoms with van der Waals surface area (Å²) in [6, 6.07) is 14.2. The molecule has 1 saturated carbocycles. The van der Waals surface area contributed by atoms with Gasteiger partial charge in [0.25, 0.3) is 5.91 Å². The molecule has 3 aromatic rings. The number of hydrogen-bond donors (Lipinski definition) is 1. The molecule has 7 heteroatoms. The molecule has 1 amide bonds. The van der Waals surface area contributed by atoms with E-state index in [-0.39, 0.29) is 0 Å². The molecule has 1 aliphatic rings. The molecule has 0 aliphatic heterocycles. The van der Waals surface area contributed by atoms with Gasteiger partial charge in [0.05, 0.1) is 11.1 Å². The first kappa shape index (κ1) is 21.2. The monoisotopic (exact) mass is 438 g/mol. The van der Waals surface area contributed by atoms with E-state index in [2.05, 4.69) is 10.3 Å². The molecule has 160 valence electrons. The van der Waals surface area contributed by atoms with Gasteiger partial charge in [-0.25, -0.2) is 9.37 Å². The summed E-state index contributed by atoms with van der Waals surface area (Å²) >= 11 is 1.30. The lowest BCUT2D eigenvalue weighted by Crippen LogP contribution is -2.37. The summed E-state index contributed by atoms with van der Waals surface area (Å²) < 4.78 is 19.7. The Morgan fingerprint density at radius 3 is 2.55 bits per heavy atom. The zero-order valence-corrected chi connectivity index (χ0v) is 18.0. The molecule has 1 heterocycles. The number of nitrogens with zero attached hydrogens (tertiary/aromatic N) is 1. The quantitative estimate of drug-likeness (QED) is 0.534. The van der Waals surface area contributed by atoms with Crippen LogP contribution in [0.3, 0.4) is 0 Å². The Balaban J connectivity index is 1.39. The molecular weight excluding hydrogens is 415 g/mol. The molecule has 5 nitrogen and oxygen atoms in total. The maximum atomic E-state index is 14.4. The third kappa shape index (κ3) is 4.51. The molecule has 0 bridgehead atoms. The Labute approximate surface area is 184 Å². The number of halogens is 1. The SMILES string of the molecule is Cc1ccc(-c2csc(NC(=O)COC(=O)C3(c4ccccc4F)CCCC3)n2)cc1. The van der Waals surface area contributed by atoms with E-state index >= 15 is 0 Å². The summed E-state index contributed by atoms with van der Waals surface area (Å²) in [5.74, 6) is -1.44. The van der Waals surface area contributed by atoms with Gasteiger partial charge in [0.15, 0.2) is 11.7 Å². The Kier molecular flexibility index (Phi) is 6.13. The number of aryl methyl sites for hydroxylation is 1. The van der Waals surface area contributed by atoms with Gasteiger partial charge in [-0.15, -0.1) is 11.3 Å². The number of nitrogens with one attached hydrogen (secondary N) is 1. The van der Waals surface area contributed by atoms with E-state index in [0.717, 1.165) is 29.7 Å². The Morgan fingerprint density at radius 1 is 1.13 bits per heavy atom. The maximum absolute atomic E-state index is 14.4. The number of rotatable bonds is 6. The summed E-state index contributed by atoms with van der Waals surface area (Å²) in [7, 11) is 0. The Hall–Kier alpha value is -3.06. The largest absolute Gasteiger partial charge is 0.455 e. The molecule has 0 atom stereocenters. The average Bonchev–Trinajstić information content (AvgIpc) is 3.44. The van der Waals surface area contributed by atoms with Gasteiger partial charge in [0, 0.05) is 16.5 Å². The molecule has 4 rings (SSSR count). The van der Waals surface area contributed by atoms with Crippen molar-refractivity contribution in [2.24, 2.45) is 0 Å². The van der Waals surface area contributed by atoms with Crippen molar-refractivity contribution in [3.8, 4) is 11.3 Å². The van der Waals surface area contributed by atoms with Gasteiger partial charge in [-0.3, -0.25) is 14.9 Å². The highest BCUT2D eigenvalue weighted by Gasteiger charge is 2.45. The van der Waals surface area contributed by atoms with Crippen LogP contribution in [0.15, 0.2) is 53.9 Å². The predicted octanol–water partition coefficient (Wildman–Crippen LogP) is 5.25. The smallest absolute Gasteiger partial charge is 0.317 e. The minimum absolute atomic E-state index is 0.348. The lowest BCUT2D eigenvalue weighted by Gasteiger charge is -2.27. The fourth-order valence-corrected chi connectivity index (χ4v) is 4.76. The molecule has 0 saturated heterocycles. The van der Waals surface area contributed by atoms with E-state index in [9.17, 15) is 14.0 Å². The topological polar surface area (TPSA) is 68.3 Å². The van der Waals surface area contributed by atoms with Crippen molar-refractivity contribution in [1.29, 1.82) is 0 Å². The van der Waals surface area contributed by atoms with Crippen molar-refractivity contribution in [2.45, 2.75) is 38.0 Å². The van der Waals surface area contributed by atoms with Crippen molar-refractivity contribution >= 4 is 28.3 Å². The number of hydrogen-bond acceptors (Lipinski definition) is 5. The first-order chi connectivity index (χ1) is 15.0. The van der Waals surface area contributed by atoms with Crippen LogP contribution in [-0.4, -0.2) is 23.5 Å². The third-order valence-corrected chi connectivity index (χ3v) is 6.43. The van der Waals surface area contributed by atoms with Gasteiger partial charge in [0.2, 0.25) is 0 Å². The summed E-state index contributed by atoms with van der Waals surface area (Å²) in [4.78, 5) is 29.7. The number of amides is 1. The van der Waals surface area contributed by atoms with E-state index in [1.54, 1.807) is 18.2 Å². The number of thiazole rings is 1. The molecule has 2 aromatic carbocycles. The van der Waals surface area contributed by atoms with Crippen LogP contribution in [0, 0.1) is 12.7 Å². The number of ether oxygens (including phenoxy) is 1. The number of benzene rings is 2. The van der Waals surface area contributed by atoms with E-state index in [4.69, 9.17) is 4.74 Å². The van der Waals surface area contributed by atoms with E-state index in [1.807, 2.05) is 36.6 Å². The summed E-state index contributed by atoms with van der Waals surface area (Å²) in [5, 5.41) is 4.96. The van der Waals surface area contributed by atoms with Crippen LogP contribution in [0.1, 0.15) is 36.8 Å². The standard InChI is InChI=1S/C24H23FN2O3S/c1-16-8-10-17(11-9-16)20-15-31-23(26-20)27-21(28)14-30-22(29)24(12-4-5-13-24)18-6-2-3-7-19(18)25/h2-3,6-11,15H,4-5,12-14H2,1H3,(H,26,27,28). The minimum atomic E-state index is -1.02. The molecule has 0 radical (unpaired) electrons. The summed E-state index contributed by atoms with van der Waals surface area (Å²) in [5.41, 5.74) is 2.21. The van der Waals surface area contributed by atoms with Crippen molar-refractivity contribution in [1.82, 2.24) is 4.98 Å². The van der Waals surface area contributed by atoms with Crippen molar-refractivity contribution in [2.75, 3.05) is 11.9 Å². The van der Waals surface area contributed by atoms with E-state index in [1.165, 1.54) is 17.4 Å². The highest BCUT2D eigenvalue weighted by molar-refractivity contribution is 7.14. The predicted molar refractivity (Wildman–Crippen MR) is 118 cm³/mol. The summed E-state index contributed by atoms with van der Waals surface area (Å²) in [6.07, 6.45) is 2.66. The fourth-order valence-electron chi connectivity index (χ4n) is 4.02. The lowest BCUT2D eigenvalue weighted by molar-refractivity contribution is -0.153.